The summed E-state index contributed by atoms with van der Waals surface area (Å²) in [6.45, 7) is 1.72. The van der Waals surface area contributed by atoms with Gasteiger partial charge in [-0.15, -0.1) is 0 Å². The Morgan fingerprint density at radius 2 is 1.26 bits per heavy atom. The molecule has 3 nitrogen and oxygen atoms in total. The minimum absolute atomic E-state index is 0.512. The second kappa shape index (κ2) is 8.13. The third-order valence-electron chi connectivity index (χ3n) is 6.12. The summed E-state index contributed by atoms with van der Waals surface area (Å²) in [6.07, 6.45) is -4.45. The number of methoxy groups -OCH3 is 2. The van der Waals surface area contributed by atoms with E-state index in [4.69, 9.17) is 9.47 Å². The second-order valence-corrected chi connectivity index (χ2v) is 8.15. The molecule has 5 rings (SSSR count). The SMILES string of the molecule is COc1ccc2c(c1)c1cc(OC)ccc1n2-c1c(C)cc(C(F)(F)F)cc1-c1ccccc1. The van der Waals surface area contributed by atoms with Crippen molar-refractivity contribution in [1.82, 2.24) is 4.57 Å². The molecular formula is C28H22F3NO2. The van der Waals surface area contributed by atoms with E-state index in [1.165, 1.54) is 12.1 Å². The van der Waals surface area contributed by atoms with Gasteiger partial charge in [0.1, 0.15) is 11.5 Å². The molecule has 0 aliphatic rings. The zero-order chi connectivity index (χ0) is 24.0. The highest BCUT2D eigenvalue weighted by atomic mass is 19.4. The fourth-order valence-electron chi connectivity index (χ4n) is 4.55. The lowest BCUT2D eigenvalue weighted by Crippen LogP contribution is -2.08. The molecule has 4 aromatic carbocycles. The first-order chi connectivity index (χ1) is 16.3. The van der Waals surface area contributed by atoms with Gasteiger partial charge in [-0.25, -0.2) is 0 Å². The van der Waals surface area contributed by atoms with Gasteiger partial charge < -0.3 is 14.0 Å². The van der Waals surface area contributed by atoms with Crippen LogP contribution in [0.5, 0.6) is 11.5 Å². The number of fused-ring (bicyclic) bond motifs is 3. The summed E-state index contributed by atoms with van der Waals surface area (Å²) in [6, 6.07) is 23.1. The van der Waals surface area contributed by atoms with Gasteiger partial charge >= 0.3 is 6.18 Å². The molecule has 0 aliphatic carbocycles. The van der Waals surface area contributed by atoms with Crippen molar-refractivity contribution in [3.05, 3.63) is 90.0 Å². The molecule has 172 valence electrons. The first-order valence-corrected chi connectivity index (χ1v) is 10.8. The van der Waals surface area contributed by atoms with Crippen molar-refractivity contribution in [2.75, 3.05) is 14.2 Å². The molecule has 0 aliphatic heterocycles. The van der Waals surface area contributed by atoms with Crippen LogP contribution in [0.4, 0.5) is 13.2 Å². The largest absolute Gasteiger partial charge is 0.497 e. The number of halogens is 3. The highest BCUT2D eigenvalue weighted by Crippen LogP contribution is 2.42. The predicted molar refractivity (Wildman–Crippen MR) is 129 cm³/mol. The Labute approximate surface area is 195 Å². The van der Waals surface area contributed by atoms with Crippen LogP contribution < -0.4 is 9.47 Å². The molecule has 0 radical (unpaired) electrons. The van der Waals surface area contributed by atoms with Crippen LogP contribution in [0.15, 0.2) is 78.9 Å². The van der Waals surface area contributed by atoms with Crippen molar-refractivity contribution in [3.63, 3.8) is 0 Å². The summed E-state index contributed by atoms with van der Waals surface area (Å²) in [5, 5.41) is 1.85. The summed E-state index contributed by atoms with van der Waals surface area (Å²) in [4.78, 5) is 0. The maximum atomic E-state index is 13.8. The molecule has 0 spiro atoms. The Balaban J connectivity index is 1.94. The molecular weight excluding hydrogens is 439 g/mol. The Bertz CT molecular complexity index is 1460. The van der Waals surface area contributed by atoms with Gasteiger partial charge in [0, 0.05) is 16.3 Å². The van der Waals surface area contributed by atoms with Crippen molar-refractivity contribution in [2.24, 2.45) is 0 Å². The zero-order valence-corrected chi connectivity index (χ0v) is 18.9. The summed E-state index contributed by atoms with van der Waals surface area (Å²) < 4.78 is 54.3. The van der Waals surface area contributed by atoms with E-state index in [0.29, 0.717) is 33.9 Å². The molecule has 0 N–H and O–H groups in total. The van der Waals surface area contributed by atoms with E-state index in [-0.39, 0.29) is 0 Å². The van der Waals surface area contributed by atoms with Crippen LogP contribution in [-0.2, 0) is 6.18 Å². The van der Waals surface area contributed by atoms with E-state index in [9.17, 15) is 13.2 Å². The number of alkyl halides is 3. The molecule has 0 bridgehead atoms. The van der Waals surface area contributed by atoms with Crippen molar-refractivity contribution in [1.29, 1.82) is 0 Å². The minimum Gasteiger partial charge on any atom is -0.497 e. The van der Waals surface area contributed by atoms with Crippen molar-refractivity contribution < 1.29 is 22.6 Å². The van der Waals surface area contributed by atoms with Crippen LogP contribution in [-0.4, -0.2) is 18.8 Å². The number of benzene rings is 4. The lowest BCUT2D eigenvalue weighted by Gasteiger charge is -2.20. The van der Waals surface area contributed by atoms with E-state index in [0.717, 1.165) is 21.8 Å². The summed E-state index contributed by atoms with van der Waals surface area (Å²) in [5.74, 6) is 1.39. The quantitative estimate of drug-likeness (QED) is 0.273. The topological polar surface area (TPSA) is 23.4 Å². The van der Waals surface area contributed by atoms with Gasteiger partial charge in [0.25, 0.3) is 0 Å². The fraction of sp³-hybridized carbons (Fsp3) is 0.143. The number of rotatable bonds is 4. The van der Waals surface area contributed by atoms with Gasteiger partial charge in [0.05, 0.1) is 36.5 Å². The van der Waals surface area contributed by atoms with Crippen LogP contribution in [0.25, 0.3) is 38.6 Å². The molecule has 0 fully saturated rings. The standard InChI is InChI=1S/C28H22F3NO2/c1-17-13-19(28(29,30)31)14-22(18-7-5-4-6-8-18)27(17)32-25-11-9-20(33-2)15-23(25)24-16-21(34-3)10-12-26(24)32/h4-16H,1-3H3. The highest BCUT2D eigenvalue weighted by Gasteiger charge is 2.32. The Kier molecular flexibility index (Phi) is 5.24. The maximum Gasteiger partial charge on any atom is 0.416 e. The molecule has 1 aromatic heterocycles. The molecule has 0 unspecified atom stereocenters. The Hall–Kier alpha value is -3.93. The molecule has 6 heteroatoms. The van der Waals surface area contributed by atoms with Crippen LogP contribution in [0, 0.1) is 6.92 Å². The van der Waals surface area contributed by atoms with E-state index in [1.807, 2.05) is 71.3 Å². The minimum atomic E-state index is -4.45. The first kappa shape index (κ1) is 21.9. The van der Waals surface area contributed by atoms with E-state index in [2.05, 4.69) is 0 Å². The first-order valence-electron chi connectivity index (χ1n) is 10.8. The second-order valence-electron chi connectivity index (χ2n) is 8.15. The van der Waals surface area contributed by atoms with Crippen molar-refractivity contribution in [3.8, 4) is 28.3 Å². The van der Waals surface area contributed by atoms with Crippen molar-refractivity contribution in [2.45, 2.75) is 13.1 Å². The van der Waals surface area contributed by atoms with Gasteiger partial charge in [-0.1, -0.05) is 30.3 Å². The number of ether oxygens (including phenoxy) is 2. The number of aromatic nitrogens is 1. The lowest BCUT2D eigenvalue weighted by atomic mass is 9.96. The predicted octanol–water partition coefficient (Wildman–Crippen LogP) is 7.80. The zero-order valence-electron chi connectivity index (χ0n) is 18.9. The third kappa shape index (κ3) is 3.55. The van der Waals surface area contributed by atoms with Crippen molar-refractivity contribution >= 4 is 21.8 Å². The molecule has 1 heterocycles. The molecule has 34 heavy (non-hydrogen) atoms. The summed E-state index contributed by atoms with van der Waals surface area (Å²) in [7, 11) is 3.21. The fourth-order valence-corrected chi connectivity index (χ4v) is 4.55. The Morgan fingerprint density at radius 3 is 1.76 bits per heavy atom. The Morgan fingerprint density at radius 1 is 0.706 bits per heavy atom. The average molecular weight is 461 g/mol. The van der Waals surface area contributed by atoms with Gasteiger partial charge in [0.2, 0.25) is 0 Å². The van der Waals surface area contributed by atoms with Crippen LogP contribution in [0.1, 0.15) is 11.1 Å². The molecule has 0 atom stereocenters. The van der Waals surface area contributed by atoms with E-state index >= 15 is 0 Å². The lowest BCUT2D eigenvalue weighted by molar-refractivity contribution is -0.137. The molecule has 0 saturated carbocycles. The molecule has 0 saturated heterocycles. The average Bonchev–Trinajstić information content (AvgIpc) is 3.16. The number of nitrogens with zero attached hydrogens (tertiary/aromatic N) is 1. The maximum absolute atomic E-state index is 13.8. The van der Waals surface area contributed by atoms with Gasteiger partial charge in [-0.2, -0.15) is 13.2 Å². The molecule has 0 amide bonds. The van der Waals surface area contributed by atoms with Crippen LogP contribution in [0.3, 0.4) is 0 Å². The van der Waals surface area contributed by atoms with Gasteiger partial charge in [-0.05, 0) is 66.6 Å². The third-order valence-corrected chi connectivity index (χ3v) is 6.12. The monoisotopic (exact) mass is 461 g/mol. The van der Waals surface area contributed by atoms with Crippen LogP contribution >= 0.6 is 0 Å². The van der Waals surface area contributed by atoms with Gasteiger partial charge in [0.15, 0.2) is 0 Å². The van der Waals surface area contributed by atoms with Gasteiger partial charge in [-0.3, -0.25) is 0 Å². The summed E-state index contributed by atoms with van der Waals surface area (Å²) in [5.41, 5.74) is 3.51. The number of hydrogen-bond acceptors (Lipinski definition) is 2. The number of hydrogen-bond donors (Lipinski definition) is 0. The van der Waals surface area contributed by atoms with E-state index in [1.54, 1.807) is 21.1 Å². The highest BCUT2D eigenvalue weighted by molar-refractivity contribution is 6.10. The molecule has 5 aromatic rings. The van der Waals surface area contributed by atoms with Crippen LogP contribution in [0.2, 0.25) is 0 Å². The summed E-state index contributed by atoms with van der Waals surface area (Å²) >= 11 is 0. The normalized spacial score (nSPS) is 11.8. The smallest absolute Gasteiger partial charge is 0.416 e. The van der Waals surface area contributed by atoms with E-state index < -0.39 is 11.7 Å². The number of aryl methyl sites for hydroxylation is 1.